The molecule has 4 heteroatoms. The van der Waals surface area contributed by atoms with Crippen LogP contribution in [0, 0.1) is 0 Å². The van der Waals surface area contributed by atoms with Gasteiger partial charge in [-0.3, -0.25) is 4.79 Å². The van der Waals surface area contributed by atoms with Gasteiger partial charge in [0.2, 0.25) is 0 Å². The Kier molecular flexibility index (Phi) is 4.20. The number of rotatable bonds is 4. The van der Waals surface area contributed by atoms with Crippen LogP contribution in [-0.4, -0.2) is 25.8 Å². The molecule has 2 rings (SSSR count). The normalized spacial score (nSPS) is 19.3. The van der Waals surface area contributed by atoms with Gasteiger partial charge in [0.1, 0.15) is 0 Å². The molecule has 98 valence electrons. The third-order valence-corrected chi connectivity index (χ3v) is 2.97. The quantitative estimate of drug-likeness (QED) is 0.771. The highest BCUT2D eigenvalue weighted by molar-refractivity contribution is 5.94. The van der Waals surface area contributed by atoms with Crippen LogP contribution in [0.15, 0.2) is 18.2 Å². The smallest absolute Gasteiger partial charge is 0.200 e. The van der Waals surface area contributed by atoms with Gasteiger partial charge in [-0.05, 0) is 38.0 Å². The highest BCUT2D eigenvalue weighted by Gasteiger charge is 2.17. The summed E-state index contributed by atoms with van der Waals surface area (Å²) in [7, 11) is 1.56. The molecule has 0 aromatic heterocycles. The number of carbonyl (C=O) groups excluding carboxylic acids is 1. The van der Waals surface area contributed by atoms with Gasteiger partial charge in [0.05, 0.1) is 13.7 Å². The van der Waals surface area contributed by atoms with Gasteiger partial charge in [0, 0.05) is 12.0 Å². The van der Waals surface area contributed by atoms with Gasteiger partial charge >= 0.3 is 0 Å². The molecule has 1 saturated heterocycles. The topological polar surface area (TPSA) is 44.8 Å². The molecule has 0 aliphatic carbocycles. The maximum absolute atomic E-state index is 11.3. The molecule has 4 nitrogen and oxygen atoms in total. The van der Waals surface area contributed by atoms with Crippen molar-refractivity contribution in [2.75, 3.05) is 13.7 Å². The zero-order valence-corrected chi connectivity index (χ0v) is 10.8. The van der Waals surface area contributed by atoms with Crippen LogP contribution in [0.1, 0.15) is 36.5 Å². The van der Waals surface area contributed by atoms with Crippen LogP contribution in [0.5, 0.6) is 11.5 Å². The summed E-state index contributed by atoms with van der Waals surface area (Å²) >= 11 is 0. The Labute approximate surface area is 107 Å². The average molecular weight is 250 g/mol. The molecular weight excluding hydrogens is 232 g/mol. The van der Waals surface area contributed by atoms with Crippen LogP contribution in [0.4, 0.5) is 0 Å². The fourth-order valence-electron chi connectivity index (χ4n) is 1.93. The van der Waals surface area contributed by atoms with Crippen LogP contribution < -0.4 is 9.47 Å². The second-order valence-corrected chi connectivity index (χ2v) is 4.34. The number of benzene rings is 1. The van der Waals surface area contributed by atoms with Gasteiger partial charge in [-0.2, -0.15) is 0 Å². The lowest BCUT2D eigenvalue weighted by Gasteiger charge is -2.24. The average Bonchev–Trinajstić information content (AvgIpc) is 2.40. The van der Waals surface area contributed by atoms with E-state index < -0.39 is 0 Å². The number of ketones is 1. The first-order chi connectivity index (χ1) is 8.70. The van der Waals surface area contributed by atoms with Crippen molar-refractivity contribution in [3.8, 4) is 11.5 Å². The second-order valence-electron chi connectivity index (χ2n) is 4.34. The molecule has 1 aromatic rings. The monoisotopic (exact) mass is 250 g/mol. The van der Waals surface area contributed by atoms with Gasteiger partial charge in [0.15, 0.2) is 23.6 Å². The molecule has 18 heavy (non-hydrogen) atoms. The van der Waals surface area contributed by atoms with Gasteiger partial charge in [-0.25, -0.2) is 0 Å². The Morgan fingerprint density at radius 1 is 1.33 bits per heavy atom. The highest BCUT2D eigenvalue weighted by atomic mass is 16.7. The van der Waals surface area contributed by atoms with E-state index in [9.17, 15) is 4.79 Å². The fourth-order valence-corrected chi connectivity index (χ4v) is 1.93. The fraction of sp³-hybridized carbons (Fsp3) is 0.500. The van der Waals surface area contributed by atoms with Gasteiger partial charge in [-0.1, -0.05) is 0 Å². The number of hydrogen-bond donors (Lipinski definition) is 0. The third kappa shape index (κ3) is 3.01. The van der Waals surface area contributed by atoms with Crippen LogP contribution in [0.3, 0.4) is 0 Å². The van der Waals surface area contributed by atoms with Crippen LogP contribution in [0.2, 0.25) is 0 Å². The summed E-state index contributed by atoms with van der Waals surface area (Å²) in [5.74, 6) is 1.19. The molecule has 1 unspecified atom stereocenters. The minimum Gasteiger partial charge on any atom is -0.493 e. The number of carbonyl (C=O) groups is 1. The minimum atomic E-state index is -0.212. The number of ether oxygens (including phenoxy) is 3. The molecule has 1 fully saturated rings. The zero-order valence-electron chi connectivity index (χ0n) is 10.8. The molecule has 0 radical (unpaired) electrons. The van der Waals surface area contributed by atoms with E-state index in [0.29, 0.717) is 17.1 Å². The summed E-state index contributed by atoms with van der Waals surface area (Å²) in [6, 6.07) is 5.19. The van der Waals surface area contributed by atoms with Gasteiger partial charge < -0.3 is 14.2 Å². The van der Waals surface area contributed by atoms with E-state index >= 15 is 0 Å². The number of Topliss-reactive ketones (excluding diaryl/α,β-unsaturated/α-hetero) is 1. The maximum Gasteiger partial charge on any atom is 0.200 e. The molecule has 0 bridgehead atoms. The summed E-state index contributed by atoms with van der Waals surface area (Å²) in [5.41, 5.74) is 0.615. The number of methoxy groups -OCH3 is 1. The Morgan fingerprint density at radius 3 is 2.78 bits per heavy atom. The second kappa shape index (κ2) is 5.87. The van der Waals surface area contributed by atoms with Gasteiger partial charge in [0.25, 0.3) is 0 Å². The Balaban J connectivity index is 2.13. The first-order valence-electron chi connectivity index (χ1n) is 6.18. The highest BCUT2D eigenvalue weighted by Crippen LogP contribution is 2.30. The van der Waals surface area contributed by atoms with Crippen molar-refractivity contribution in [3.63, 3.8) is 0 Å². The molecule has 0 amide bonds. The van der Waals surface area contributed by atoms with Crippen molar-refractivity contribution in [2.24, 2.45) is 0 Å². The van der Waals surface area contributed by atoms with Crippen molar-refractivity contribution in [3.05, 3.63) is 23.8 Å². The summed E-state index contributed by atoms with van der Waals surface area (Å²) in [4.78, 5) is 11.3. The number of hydrogen-bond acceptors (Lipinski definition) is 4. The molecule has 1 aliphatic rings. The molecular formula is C14H18O4. The van der Waals surface area contributed by atoms with E-state index in [0.717, 1.165) is 25.9 Å². The van der Waals surface area contributed by atoms with Crippen LogP contribution in [-0.2, 0) is 4.74 Å². The van der Waals surface area contributed by atoms with E-state index in [1.807, 2.05) is 0 Å². The first-order valence-corrected chi connectivity index (χ1v) is 6.18. The molecule has 1 heterocycles. The summed E-state index contributed by atoms with van der Waals surface area (Å²) in [6.45, 7) is 2.26. The largest absolute Gasteiger partial charge is 0.493 e. The standard InChI is InChI=1S/C14H18O4/c1-10(15)11-6-7-12(13(9-11)16-2)18-14-5-3-4-8-17-14/h6-7,9,14H,3-5,8H2,1-2H3. The van der Waals surface area contributed by atoms with Crippen molar-refractivity contribution < 1.29 is 19.0 Å². The van der Waals surface area contributed by atoms with Crippen molar-refractivity contribution in [1.29, 1.82) is 0 Å². The SMILES string of the molecule is COc1cc(C(C)=O)ccc1OC1CCCCO1. The van der Waals surface area contributed by atoms with Crippen LogP contribution in [0.25, 0.3) is 0 Å². The molecule has 0 saturated carbocycles. The molecule has 1 atom stereocenters. The van der Waals surface area contributed by atoms with E-state index in [2.05, 4.69) is 0 Å². The summed E-state index contributed by atoms with van der Waals surface area (Å²) in [6.07, 6.45) is 2.87. The van der Waals surface area contributed by atoms with E-state index in [4.69, 9.17) is 14.2 Å². The van der Waals surface area contributed by atoms with Crippen molar-refractivity contribution in [2.45, 2.75) is 32.5 Å². The summed E-state index contributed by atoms with van der Waals surface area (Å²) in [5, 5.41) is 0. The first kappa shape index (κ1) is 12.9. The van der Waals surface area contributed by atoms with E-state index in [1.165, 1.54) is 6.92 Å². The van der Waals surface area contributed by atoms with Crippen molar-refractivity contribution >= 4 is 5.78 Å². The van der Waals surface area contributed by atoms with Crippen molar-refractivity contribution in [1.82, 2.24) is 0 Å². The Morgan fingerprint density at radius 2 is 2.17 bits per heavy atom. The maximum atomic E-state index is 11.3. The van der Waals surface area contributed by atoms with E-state index in [-0.39, 0.29) is 12.1 Å². The Bertz CT molecular complexity index is 422. The molecule has 0 spiro atoms. The lowest BCUT2D eigenvalue weighted by atomic mass is 10.1. The van der Waals surface area contributed by atoms with Gasteiger partial charge in [-0.15, -0.1) is 0 Å². The zero-order chi connectivity index (χ0) is 13.0. The lowest BCUT2D eigenvalue weighted by molar-refractivity contribution is -0.106. The van der Waals surface area contributed by atoms with E-state index in [1.54, 1.807) is 25.3 Å². The predicted molar refractivity (Wildman–Crippen MR) is 67.2 cm³/mol. The lowest BCUT2D eigenvalue weighted by Crippen LogP contribution is -2.25. The predicted octanol–water partition coefficient (Wildman–Crippen LogP) is 2.80. The third-order valence-electron chi connectivity index (χ3n) is 2.97. The minimum absolute atomic E-state index is 0.00812. The molecule has 1 aromatic carbocycles. The Hall–Kier alpha value is -1.55. The van der Waals surface area contributed by atoms with Crippen LogP contribution >= 0.6 is 0 Å². The molecule has 0 N–H and O–H groups in total. The summed E-state index contributed by atoms with van der Waals surface area (Å²) < 4.78 is 16.5. The molecule has 1 aliphatic heterocycles.